The van der Waals surface area contributed by atoms with Gasteiger partial charge in [0.1, 0.15) is 22.8 Å². The van der Waals surface area contributed by atoms with Gasteiger partial charge < -0.3 is 19.5 Å². The van der Waals surface area contributed by atoms with Crippen molar-refractivity contribution in [3.63, 3.8) is 0 Å². The minimum Gasteiger partial charge on any atom is -0.497 e. The number of ketones is 1. The number of amides is 1. The SMILES string of the molecule is COc1ccc(CNC(=O)[C@@H]2[C@@H]3CC[C@@]4(CC(=O)c5ccccc5O4)[C@@H]32)c(OC)c1. The monoisotopic (exact) mass is 407 g/mol. The Morgan fingerprint density at radius 1 is 1.20 bits per heavy atom. The van der Waals surface area contributed by atoms with E-state index in [1.165, 1.54) is 0 Å². The van der Waals surface area contributed by atoms with E-state index in [0.29, 0.717) is 41.7 Å². The smallest absolute Gasteiger partial charge is 0.224 e. The summed E-state index contributed by atoms with van der Waals surface area (Å²) in [5.41, 5.74) is 1.01. The Kier molecular flexibility index (Phi) is 4.45. The van der Waals surface area contributed by atoms with E-state index in [1.54, 1.807) is 20.3 Å². The number of carbonyl (C=O) groups is 2. The number of para-hydroxylation sites is 1. The average Bonchev–Trinajstić information content (AvgIpc) is 3.42. The summed E-state index contributed by atoms with van der Waals surface area (Å²) in [5, 5.41) is 3.05. The molecule has 3 aliphatic rings. The van der Waals surface area contributed by atoms with Gasteiger partial charge in [-0.2, -0.15) is 0 Å². The van der Waals surface area contributed by atoms with Crippen molar-refractivity contribution in [3.05, 3.63) is 53.6 Å². The van der Waals surface area contributed by atoms with Crippen molar-refractivity contribution < 1.29 is 23.8 Å². The first-order valence-electron chi connectivity index (χ1n) is 10.4. The molecule has 0 aromatic heterocycles. The van der Waals surface area contributed by atoms with Crippen LogP contribution in [-0.4, -0.2) is 31.5 Å². The largest absolute Gasteiger partial charge is 0.497 e. The fourth-order valence-electron chi connectivity index (χ4n) is 5.42. The first-order valence-corrected chi connectivity index (χ1v) is 10.4. The Hall–Kier alpha value is -3.02. The zero-order chi connectivity index (χ0) is 20.9. The van der Waals surface area contributed by atoms with Gasteiger partial charge in [-0.1, -0.05) is 12.1 Å². The summed E-state index contributed by atoms with van der Waals surface area (Å²) in [7, 11) is 3.21. The van der Waals surface area contributed by atoms with E-state index < -0.39 is 5.60 Å². The van der Waals surface area contributed by atoms with E-state index in [0.717, 1.165) is 18.4 Å². The van der Waals surface area contributed by atoms with E-state index >= 15 is 0 Å². The van der Waals surface area contributed by atoms with Gasteiger partial charge in [0, 0.05) is 30.0 Å². The molecule has 6 heteroatoms. The molecule has 1 N–H and O–H groups in total. The van der Waals surface area contributed by atoms with E-state index in [-0.39, 0.29) is 23.5 Å². The number of hydrogen-bond donors (Lipinski definition) is 1. The number of fused-ring (bicyclic) bond motifs is 3. The Balaban J connectivity index is 1.28. The molecule has 2 aromatic rings. The van der Waals surface area contributed by atoms with E-state index in [4.69, 9.17) is 14.2 Å². The van der Waals surface area contributed by atoms with E-state index in [1.807, 2.05) is 36.4 Å². The summed E-state index contributed by atoms with van der Waals surface area (Å²) < 4.78 is 17.0. The zero-order valence-corrected chi connectivity index (χ0v) is 17.1. The minimum atomic E-state index is -0.532. The van der Waals surface area contributed by atoms with Gasteiger partial charge >= 0.3 is 0 Å². The molecule has 2 saturated carbocycles. The molecule has 2 fully saturated rings. The zero-order valence-electron chi connectivity index (χ0n) is 17.1. The van der Waals surface area contributed by atoms with Gasteiger partial charge in [-0.3, -0.25) is 9.59 Å². The predicted octanol–water partition coefficient (Wildman–Crippen LogP) is 3.38. The van der Waals surface area contributed by atoms with Crippen LogP contribution in [-0.2, 0) is 11.3 Å². The highest BCUT2D eigenvalue weighted by Gasteiger charge is 2.70. The lowest BCUT2D eigenvalue weighted by atomic mass is 9.84. The second-order valence-corrected chi connectivity index (χ2v) is 8.41. The Morgan fingerprint density at radius 2 is 2.03 bits per heavy atom. The Labute approximate surface area is 175 Å². The maximum absolute atomic E-state index is 13.0. The van der Waals surface area contributed by atoms with Crippen LogP contribution in [0.1, 0.15) is 35.2 Å². The van der Waals surface area contributed by atoms with E-state index in [2.05, 4.69) is 5.32 Å². The lowest BCUT2D eigenvalue weighted by Crippen LogP contribution is -2.44. The molecule has 0 radical (unpaired) electrons. The second-order valence-electron chi connectivity index (χ2n) is 8.41. The topological polar surface area (TPSA) is 73.9 Å². The lowest BCUT2D eigenvalue weighted by Gasteiger charge is -2.37. The van der Waals surface area contributed by atoms with Crippen molar-refractivity contribution in [2.75, 3.05) is 14.2 Å². The molecule has 1 aliphatic heterocycles. The number of benzene rings is 2. The van der Waals surface area contributed by atoms with Crippen molar-refractivity contribution in [1.29, 1.82) is 0 Å². The second kappa shape index (κ2) is 7.04. The van der Waals surface area contributed by atoms with Crippen LogP contribution in [0.5, 0.6) is 17.2 Å². The van der Waals surface area contributed by atoms with Gasteiger partial charge in [-0.15, -0.1) is 0 Å². The molecule has 5 rings (SSSR count). The van der Waals surface area contributed by atoms with Crippen molar-refractivity contribution in [3.8, 4) is 17.2 Å². The summed E-state index contributed by atoms with van der Waals surface area (Å²) in [5.74, 6) is 2.49. The molecule has 1 spiro atoms. The van der Waals surface area contributed by atoms with Gasteiger partial charge in [0.2, 0.25) is 5.91 Å². The summed E-state index contributed by atoms with van der Waals surface area (Å²) in [4.78, 5) is 25.7. The number of methoxy groups -OCH3 is 2. The maximum Gasteiger partial charge on any atom is 0.224 e. The summed E-state index contributed by atoms with van der Waals surface area (Å²) >= 11 is 0. The highest BCUT2D eigenvalue weighted by molar-refractivity contribution is 6.00. The van der Waals surface area contributed by atoms with Gasteiger partial charge in [-0.25, -0.2) is 0 Å². The van der Waals surface area contributed by atoms with Gasteiger partial charge in [-0.05, 0) is 43.0 Å². The van der Waals surface area contributed by atoms with Crippen molar-refractivity contribution in [1.82, 2.24) is 5.32 Å². The molecule has 0 saturated heterocycles. The summed E-state index contributed by atoms with van der Waals surface area (Å²) in [6.45, 7) is 0.386. The average molecular weight is 407 g/mol. The van der Waals surface area contributed by atoms with Crippen LogP contribution >= 0.6 is 0 Å². The molecule has 156 valence electrons. The molecule has 1 heterocycles. The fraction of sp³-hybridized carbons (Fsp3) is 0.417. The quantitative estimate of drug-likeness (QED) is 0.823. The summed E-state index contributed by atoms with van der Waals surface area (Å²) in [6, 6.07) is 13.0. The van der Waals surface area contributed by atoms with Crippen LogP contribution in [0.25, 0.3) is 0 Å². The molecule has 1 amide bonds. The molecule has 0 bridgehead atoms. The van der Waals surface area contributed by atoms with Crippen LogP contribution in [0.3, 0.4) is 0 Å². The first kappa shape index (κ1) is 19.0. The van der Waals surface area contributed by atoms with Gasteiger partial charge in [0.05, 0.1) is 26.2 Å². The Morgan fingerprint density at radius 3 is 2.83 bits per heavy atom. The number of hydrogen-bond acceptors (Lipinski definition) is 5. The third kappa shape index (κ3) is 2.93. The number of nitrogens with one attached hydrogen (secondary N) is 1. The summed E-state index contributed by atoms with van der Waals surface area (Å²) in [6.07, 6.45) is 2.11. The van der Waals surface area contributed by atoms with Crippen LogP contribution in [0.4, 0.5) is 0 Å². The van der Waals surface area contributed by atoms with Crippen molar-refractivity contribution >= 4 is 11.7 Å². The van der Waals surface area contributed by atoms with Gasteiger partial charge in [0.15, 0.2) is 5.78 Å². The molecular formula is C24H25NO5. The van der Waals surface area contributed by atoms with E-state index in [9.17, 15) is 9.59 Å². The fourth-order valence-corrected chi connectivity index (χ4v) is 5.42. The highest BCUT2D eigenvalue weighted by Crippen LogP contribution is 2.65. The third-order valence-corrected chi connectivity index (χ3v) is 6.89. The number of ether oxygens (including phenoxy) is 3. The van der Waals surface area contributed by atoms with Crippen LogP contribution in [0.2, 0.25) is 0 Å². The van der Waals surface area contributed by atoms with Crippen LogP contribution in [0.15, 0.2) is 42.5 Å². The predicted molar refractivity (Wildman–Crippen MR) is 110 cm³/mol. The molecule has 4 atom stereocenters. The normalized spacial score (nSPS) is 28.3. The van der Waals surface area contributed by atoms with Crippen molar-refractivity contribution in [2.24, 2.45) is 17.8 Å². The Bertz CT molecular complexity index is 1020. The maximum atomic E-state index is 13.0. The molecule has 0 unspecified atom stereocenters. The molecule has 6 nitrogen and oxygen atoms in total. The minimum absolute atomic E-state index is 0.0249. The first-order chi connectivity index (χ1) is 14.6. The number of Topliss-reactive ketones (excluding diaryl/α,β-unsaturated/α-hetero) is 1. The standard InChI is InChI=1S/C24H25NO5/c1-28-15-8-7-14(20(11-15)29-2)13-25-23(27)21-17-9-10-24(22(17)21)12-18(26)16-5-3-4-6-19(16)30-24/h3-8,11,17,21-22H,9-10,12-13H2,1-2H3,(H,25,27)/t17-,21+,22-,24+/m0/s1. The third-order valence-electron chi connectivity index (χ3n) is 6.89. The van der Waals surface area contributed by atoms with Gasteiger partial charge in [0.25, 0.3) is 0 Å². The number of carbonyl (C=O) groups excluding carboxylic acids is 2. The lowest BCUT2D eigenvalue weighted by molar-refractivity contribution is -0.124. The molecule has 2 aromatic carbocycles. The molecule has 30 heavy (non-hydrogen) atoms. The highest BCUT2D eigenvalue weighted by atomic mass is 16.5. The number of rotatable bonds is 5. The molecule has 2 aliphatic carbocycles. The van der Waals surface area contributed by atoms with Crippen LogP contribution < -0.4 is 19.5 Å². The molecular weight excluding hydrogens is 382 g/mol. The van der Waals surface area contributed by atoms with Crippen LogP contribution in [0, 0.1) is 17.8 Å². The van der Waals surface area contributed by atoms with Crippen molar-refractivity contribution in [2.45, 2.75) is 31.4 Å².